The molecule has 128 valence electrons. The molecule has 2 aromatic heterocycles. The molecule has 0 amide bonds. The Hall–Kier alpha value is -1.40. The first-order chi connectivity index (χ1) is 10.7. The summed E-state index contributed by atoms with van der Waals surface area (Å²) in [6.07, 6.45) is 0. The summed E-state index contributed by atoms with van der Waals surface area (Å²) >= 11 is 1.78. The van der Waals surface area contributed by atoms with E-state index in [0.29, 0.717) is 5.92 Å². The minimum atomic E-state index is 0.288. The van der Waals surface area contributed by atoms with Gasteiger partial charge < -0.3 is 10.2 Å². The highest BCUT2D eigenvalue weighted by molar-refractivity contribution is 7.11. The number of hydrogen-bond donors (Lipinski definition) is 1. The molecule has 0 radical (unpaired) electrons. The second-order valence-corrected chi connectivity index (χ2v) is 7.88. The van der Waals surface area contributed by atoms with Crippen molar-refractivity contribution in [2.24, 2.45) is 7.05 Å². The lowest BCUT2D eigenvalue weighted by Gasteiger charge is -2.18. The van der Waals surface area contributed by atoms with Crippen LogP contribution in [0, 0.1) is 13.8 Å². The summed E-state index contributed by atoms with van der Waals surface area (Å²) in [5, 5.41) is 9.52. The molecule has 0 unspecified atom stereocenters. The zero-order chi connectivity index (χ0) is 17.3. The van der Waals surface area contributed by atoms with Crippen LogP contribution in [0.4, 0.5) is 5.82 Å². The molecular weight excluding hydrogens is 306 g/mol. The fourth-order valence-electron chi connectivity index (χ4n) is 3.07. The molecule has 0 aliphatic heterocycles. The van der Waals surface area contributed by atoms with Crippen LogP contribution in [-0.2, 0) is 13.6 Å². The summed E-state index contributed by atoms with van der Waals surface area (Å²) in [5.74, 6) is 1.58. The standard InChI is InChI=1S/C17H29N5S/c1-10(2)15-14(17(21(6)7)22(8)20-15)9-18-11(3)16-12(4)19-13(5)23-16/h10-11,18H,9H2,1-8H3/t11-/m1/s1. The first kappa shape index (κ1) is 17.9. The lowest BCUT2D eigenvalue weighted by Crippen LogP contribution is -2.21. The van der Waals surface area contributed by atoms with Gasteiger partial charge in [0.15, 0.2) is 0 Å². The quantitative estimate of drug-likeness (QED) is 0.877. The molecule has 23 heavy (non-hydrogen) atoms. The van der Waals surface area contributed by atoms with E-state index in [1.807, 2.05) is 11.7 Å². The van der Waals surface area contributed by atoms with Gasteiger partial charge in [-0.2, -0.15) is 5.10 Å². The topological polar surface area (TPSA) is 46.0 Å². The molecule has 0 fully saturated rings. The average Bonchev–Trinajstić information content (AvgIpc) is 2.95. The van der Waals surface area contributed by atoms with Gasteiger partial charge >= 0.3 is 0 Å². The van der Waals surface area contributed by atoms with E-state index >= 15 is 0 Å². The highest BCUT2D eigenvalue weighted by atomic mass is 32.1. The molecule has 0 aliphatic rings. The first-order valence-corrected chi connectivity index (χ1v) is 8.94. The highest BCUT2D eigenvalue weighted by Crippen LogP contribution is 2.29. The number of anilines is 1. The zero-order valence-corrected chi connectivity index (χ0v) is 16.4. The lowest BCUT2D eigenvalue weighted by molar-refractivity contribution is 0.575. The Kier molecular flexibility index (Phi) is 5.47. The van der Waals surface area contributed by atoms with Crippen LogP contribution in [0.2, 0.25) is 0 Å². The molecule has 0 aromatic carbocycles. The molecule has 2 aromatic rings. The van der Waals surface area contributed by atoms with E-state index in [2.05, 4.69) is 63.9 Å². The van der Waals surface area contributed by atoms with Gasteiger partial charge in [0.1, 0.15) is 5.82 Å². The maximum atomic E-state index is 4.73. The first-order valence-electron chi connectivity index (χ1n) is 8.12. The number of hydrogen-bond acceptors (Lipinski definition) is 5. The predicted octanol–water partition coefficient (Wildman–Crippen LogP) is 3.53. The van der Waals surface area contributed by atoms with Crippen molar-refractivity contribution in [3.63, 3.8) is 0 Å². The van der Waals surface area contributed by atoms with Gasteiger partial charge in [0.25, 0.3) is 0 Å². The summed E-state index contributed by atoms with van der Waals surface area (Å²) in [5.41, 5.74) is 3.60. The number of nitrogens with one attached hydrogen (secondary N) is 1. The molecule has 0 spiro atoms. The average molecular weight is 336 g/mol. The van der Waals surface area contributed by atoms with Gasteiger partial charge in [-0.05, 0) is 26.7 Å². The molecule has 6 heteroatoms. The minimum absolute atomic E-state index is 0.288. The monoisotopic (exact) mass is 335 g/mol. The third kappa shape index (κ3) is 3.75. The van der Waals surface area contributed by atoms with Crippen molar-refractivity contribution in [2.45, 2.75) is 53.1 Å². The fourth-order valence-corrected chi connectivity index (χ4v) is 4.02. The molecule has 2 heterocycles. The van der Waals surface area contributed by atoms with Gasteiger partial charge in [-0.3, -0.25) is 4.68 Å². The van der Waals surface area contributed by atoms with E-state index < -0.39 is 0 Å². The van der Waals surface area contributed by atoms with Crippen LogP contribution < -0.4 is 10.2 Å². The Balaban J connectivity index is 2.24. The summed E-state index contributed by atoms with van der Waals surface area (Å²) in [4.78, 5) is 8.00. The van der Waals surface area contributed by atoms with Crippen LogP contribution in [0.3, 0.4) is 0 Å². The van der Waals surface area contributed by atoms with Crippen LogP contribution >= 0.6 is 11.3 Å². The van der Waals surface area contributed by atoms with Gasteiger partial charge in [0.2, 0.25) is 0 Å². The van der Waals surface area contributed by atoms with Crippen LogP contribution in [0.1, 0.15) is 59.6 Å². The highest BCUT2D eigenvalue weighted by Gasteiger charge is 2.21. The van der Waals surface area contributed by atoms with Gasteiger partial charge in [-0.1, -0.05) is 13.8 Å². The van der Waals surface area contributed by atoms with Crippen molar-refractivity contribution >= 4 is 17.2 Å². The summed E-state index contributed by atoms with van der Waals surface area (Å²) in [6, 6.07) is 0.288. The van der Waals surface area contributed by atoms with E-state index in [0.717, 1.165) is 17.2 Å². The number of rotatable bonds is 6. The van der Waals surface area contributed by atoms with E-state index in [1.165, 1.54) is 22.0 Å². The maximum absolute atomic E-state index is 4.73. The zero-order valence-electron chi connectivity index (χ0n) is 15.6. The van der Waals surface area contributed by atoms with Crippen LogP contribution in [0.15, 0.2) is 0 Å². The van der Waals surface area contributed by atoms with Gasteiger partial charge in [0.05, 0.1) is 16.4 Å². The van der Waals surface area contributed by atoms with Crippen molar-refractivity contribution in [1.82, 2.24) is 20.1 Å². The fraction of sp³-hybridized carbons (Fsp3) is 0.647. The third-order valence-electron chi connectivity index (χ3n) is 4.03. The molecule has 0 bridgehead atoms. The number of thiazole rings is 1. The van der Waals surface area contributed by atoms with Gasteiger partial charge in [0, 0.05) is 44.2 Å². The number of aryl methyl sites for hydroxylation is 3. The van der Waals surface area contributed by atoms with E-state index in [4.69, 9.17) is 5.10 Å². The second-order valence-electron chi connectivity index (χ2n) is 6.65. The minimum Gasteiger partial charge on any atom is -0.363 e. The van der Waals surface area contributed by atoms with Gasteiger partial charge in [-0.15, -0.1) is 11.3 Å². The van der Waals surface area contributed by atoms with Crippen molar-refractivity contribution in [3.8, 4) is 0 Å². The lowest BCUT2D eigenvalue weighted by atomic mass is 10.0. The van der Waals surface area contributed by atoms with E-state index in [9.17, 15) is 0 Å². The number of nitrogens with zero attached hydrogens (tertiary/aromatic N) is 4. The Morgan fingerprint density at radius 2 is 1.87 bits per heavy atom. The van der Waals surface area contributed by atoms with Gasteiger partial charge in [-0.25, -0.2) is 4.98 Å². The Morgan fingerprint density at radius 3 is 2.35 bits per heavy atom. The smallest absolute Gasteiger partial charge is 0.130 e. The summed E-state index contributed by atoms with van der Waals surface area (Å²) in [7, 11) is 6.17. The molecule has 0 aliphatic carbocycles. The largest absolute Gasteiger partial charge is 0.363 e. The Bertz CT molecular complexity index is 669. The van der Waals surface area contributed by atoms with Crippen LogP contribution in [0.5, 0.6) is 0 Å². The summed E-state index contributed by atoms with van der Waals surface area (Å²) < 4.78 is 1.99. The SMILES string of the molecule is Cc1nc(C)c([C@@H](C)NCc2c(C(C)C)nn(C)c2N(C)C)s1. The third-order valence-corrected chi connectivity index (χ3v) is 5.29. The van der Waals surface area contributed by atoms with Crippen molar-refractivity contribution in [3.05, 3.63) is 26.8 Å². The molecule has 0 saturated carbocycles. The normalized spacial score (nSPS) is 12.9. The van der Waals surface area contributed by atoms with E-state index in [-0.39, 0.29) is 6.04 Å². The van der Waals surface area contributed by atoms with Crippen molar-refractivity contribution in [2.75, 3.05) is 19.0 Å². The Labute approximate surface area is 143 Å². The van der Waals surface area contributed by atoms with E-state index in [1.54, 1.807) is 11.3 Å². The molecule has 2 rings (SSSR count). The van der Waals surface area contributed by atoms with Crippen molar-refractivity contribution in [1.29, 1.82) is 0 Å². The predicted molar refractivity (Wildman–Crippen MR) is 98.5 cm³/mol. The molecule has 5 nitrogen and oxygen atoms in total. The molecule has 1 N–H and O–H groups in total. The van der Waals surface area contributed by atoms with Crippen LogP contribution in [0.25, 0.3) is 0 Å². The number of aromatic nitrogens is 3. The molecule has 0 saturated heterocycles. The maximum Gasteiger partial charge on any atom is 0.130 e. The molecule has 1 atom stereocenters. The summed E-state index contributed by atoms with van der Waals surface area (Å²) in [6.45, 7) is 11.6. The molecular formula is C17H29N5S. The Morgan fingerprint density at radius 1 is 1.22 bits per heavy atom. The van der Waals surface area contributed by atoms with Crippen LogP contribution in [-0.4, -0.2) is 28.9 Å². The van der Waals surface area contributed by atoms with Crippen molar-refractivity contribution < 1.29 is 0 Å². The second kappa shape index (κ2) is 7.01.